The molecule has 3 rings (SSSR count). The average Bonchev–Trinajstić information content (AvgIpc) is 3.20. The molecule has 0 aromatic heterocycles. The van der Waals surface area contributed by atoms with Gasteiger partial charge in [-0.3, -0.25) is 4.79 Å². The van der Waals surface area contributed by atoms with E-state index in [4.69, 9.17) is 23.7 Å². The number of esters is 1. The molecule has 0 aromatic rings. The van der Waals surface area contributed by atoms with E-state index in [1.807, 2.05) is 19.1 Å². The zero-order chi connectivity index (χ0) is 28.1. The molecule has 9 atom stereocenters. The number of allylic oxidation sites excluding steroid dienone is 3. The molecular formula is C31H50O7. The predicted molar refractivity (Wildman–Crippen MR) is 147 cm³/mol. The van der Waals surface area contributed by atoms with Gasteiger partial charge in [0.2, 0.25) is 6.29 Å². The van der Waals surface area contributed by atoms with Crippen LogP contribution >= 0.6 is 0 Å². The number of aliphatic hydroxyl groups excluding tert-OH is 1. The van der Waals surface area contributed by atoms with E-state index >= 15 is 0 Å². The van der Waals surface area contributed by atoms with Crippen LogP contribution in [-0.2, 0) is 28.5 Å². The van der Waals surface area contributed by atoms with Gasteiger partial charge < -0.3 is 28.8 Å². The lowest BCUT2D eigenvalue weighted by molar-refractivity contribution is -0.280. The number of hydrogen-bond acceptors (Lipinski definition) is 7. The number of hydrogen-bond donors (Lipinski definition) is 1. The van der Waals surface area contributed by atoms with Crippen LogP contribution in [0.5, 0.6) is 0 Å². The Labute approximate surface area is 229 Å². The number of carbonyl (C=O) groups excluding carboxylic acids is 1. The highest BCUT2D eigenvalue weighted by Crippen LogP contribution is 2.67. The summed E-state index contributed by atoms with van der Waals surface area (Å²) in [6.45, 7) is 17.1. The SMILES string of the molecule is C=C/C(C)=C\C[C@]1(C)[C@H](C)[C@@H](OCCCC)[C@H](O)[C@@]23C(=C[C@H](OC)C[C@@H]12)[C@H](OCCCC)O[C@H]3OC(C)=O. The molecule has 0 amide bonds. The topological polar surface area (TPSA) is 83.5 Å². The van der Waals surface area contributed by atoms with Gasteiger partial charge in [0.25, 0.3) is 0 Å². The van der Waals surface area contributed by atoms with Crippen LogP contribution in [0.2, 0.25) is 0 Å². The Bertz CT molecular complexity index is 881. The molecule has 2 fully saturated rings. The van der Waals surface area contributed by atoms with Gasteiger partial charge in [-0.1, -0.05) is 70.9 Å². The van der Waals surface area contributed by atoms with Crippen LogP contribution in [0.4, 0.5) is 0 Å². The molecule has 216 valence electrons. The average molecular weight is 535 g/mol. The summed E-state index contributed by atoms with van der Waals surface area (Å²) in [7, 11) is 1.71. The largest absolute Gasteiger partial charge is 0.435 e. The summed E-state index contributed by atoms with van der Waals surface area (Å²) in [5, 5.41) is 12.3. The molecule has 0 aromatic carbocycles. The molecule has 1 spiro atoms. The van der Waals surface area contributed by atoms with E-state index in [0.717, 1.165) is 43.3 Å². The van der Waals surface area contributed by atoms with Gasteiger partial charge in [0, 0.05) is 20.6 Å². The van der Waals surface area contributed by atoms with Crippen molar-refractivity contribution >= 4 is 5.97 Å². The second kappa shape index (κ2) is 13.2. The fraction of sp³-hybridized carbons (Fsp3) is 0.774. The Balaban J connectivity index is 2.22. The van der Waals surface area contributed by atoms with Gasteiger partial charge in [0.15, 0.2) is 6.29 Å². The summed E-state index contributed by atoms with van der Waals surface area (Å²) in [5.41, 5.74) is 0.543. The molecule has 7 heteroatoms. The second-order valence-corrected chi connectivity index (χ2v) is 11.5. The van der Waals surface area contributed by atoms with Crippen molar-refractivity contribution < 1.29 is 33.6 Å². The lowest BCUT2D eigenvalue weighted by atomic mass is 9.44. The van der Waals surface area contributed by atoms with Gasteiger partial charge in [-0.15, -0.1) is 0 Å². The van der Waals surface area contributed by atoms with E-state index in [1.165, 1.54) is 6.92 Å². The molecule has 1 heterocycles. The first-order valence-electron chi connectivity index (χ1n) is 14.4. The quantitative estimate of drug-likeness (QED) is 0.140. The standard InChI is InChI=1S/C31H50O7/c1-9-12-16-35-26-21(5)30(7,15-14-20(4)11-3)25-19-23(34-8)18-24-28(36-17-13-10-2)38-29(37-22(6)32)31(24,25)27(26)33/h11,14,18,21,23,25-29,33H,3,9-10,12-13,15-17,19H2,1-2,4-8H3/b20-14-/t21-,23+,25+,26-,27+,28-,29-,30-,31-/m1/s1. The van der Waals surface area contributed by atoms with Gasteiger partial charge in [-0.2, -0.15) is 0 Å². The molecule has 0 radical (unpaired) electrons. The molecule has 1 saturated carbocycles. The predicted octanol–water partition coefficient (Wildman–Crippen LogP) is 5.72. The fourth-order valence-electron chi connectivity index (χ4n) is 6.79. The second-order valence-electron chi connectivity index (χ2n) is 11.5. The van der Waals surface area contributed by atoms with E-state index in [0.29, 0.717) is 19.6 Å². The molecule has 3 aliphatic rings. The molecule has 38 heavy (non-hydrogen) atoms. The Kier molecular flexibility index (Phi) is 10.8. The lowest BCUT2D eigenvalue weighted by Crippen LogP contribution is -2.68. The first kappa shape index (κ1) is 31.0. The van der Waals surface area contributed by atoms with Crippen molar-refractivity contribution in [3.63, 3.8) is 0 Å². The number of ether oxygens (including phenoxy) is 5. The molecule has 1 aliphatic heterocycles. The summed E-state index contributed by atoms with van der Waals surface area (Å²) >= 11 is 0. The van der Waals surface area contributed by atoms with E-state index in [-0.39, 0.29) is 23.4 Å². The number of carbonyl (C=O) groups is 1. The number of aliphatic hydroxyl groups is 1. The number of rotatable bonds is 13. The molecule has 1 N–H and O–H groups in total. The van der Waals surface area contributed by atoms with Crippen LogP contribution in [0.15, 0.2) is 36.0 Å². The maximum absolute atomic E-state index is 12.4. The summed E-state index contributed by atoms with van der Waals surface area (Å²) in [4.78, 5) is 12.4. The van der Waals surface area contributed by atoms with Gasteiger partial charge in [-0.05, 0) is 55.4 Å². The zero-order valence-corrected chi connectivity index (χ0v) is 24.5. The molecule has 0 bridgehead atoms. The van der Waals surface area contributed by atoms with E-state index < -0.39 is 36.2 Å². The van der Waals surface area contributed by atoms with Crippen molar-refractivity contribution in [1.82, 2.24) is 0 Å². The smallest absolute Gasteiger partial charge is 0.304 e. The maximum atomic E-state index is 12.4. The summed E-state index contributed by atoms with van der Waals surface area (Å²) in [6.07, 6.45) is 7.92. The molecule has 7 nitrogen and oxygen atoms in total. The third-order valence-corrected chi connectivity index (χ3v) is 9.27. The van der Waals surface area contributed by atoms with Crippen LogP contribution in [0.1, 0.15) is 80.1 Å². The first-order chi connectivity index (χ1) is 18.1. The lowest BCUT2D eigenvalue weighted by Gasteiger charge is -2.62. The van der Waals surface area contributed by atoms with Crippen molar-refractivity contribution in [2.45, 2.75) is 111 Å². The van der Waals surface area contributed by atoms with Crippen molar-refractivity contribution in [2.24, 2.45) is 22.7 Å². The van der Waals surface area contributed by atoms with E-state index in [1.54, 1.807) is 7.11 Å². The van der Waals surface area contributed by atoms with E-state index in [9.17, 15) is 9.90 Å². The van der Waals surface area contributed by atoms with Gasteiger partial charge in [-0.25, -0.2) is 0 Å². The third-order valence-electron chi connectivity index (χ3n) is 9.27. The van der Waals surface area contributed by atoms with Gasteiger partial charge >= 0.3 is 5.97 Å². The van der Waals surface area contributed by atoms with Crippen LogP contribution < -0.4 is 0 Å². The number of methoxy groups -OCH3 is 1. The highest BCUT2D eigenvalue weighted by atomic mass is 16.8. The summed E-state index contributed by atoms with van der Waals surface area (Å²) in [5.74, 6) is -0.577. The van der Waals surface area contributed by atoms with Crippen molar-refractivity contribution in [2.75, 3.05) is 20.3 Å². The minimum atomic E-state index is -1.02. The first-order valence-corrected chi connectivity index (χ1v) is 14.4. The van der Waals surface area contributed by atoms with E-state index in [2.05, 4.69) is 40.3 Å². The van der Waals surface area contributed by atoms with Crippen molar-refractivity contribution in [1.29, 1.82) is 0 Å². The Hall–Kier alpha value is -1.51. The monoisotopic (exact) mass is 534 g/mol. The Morgan fingerprint density at radius 2 is 1.87 bits per heavy atom. The third kappa shape index (κ3) is 5.68. The number of unbranched alkanes of at least 4 members (excludes halogenated alkanes) is 2. The zero-order valence-electron chi connectivity index (χ0n) is 24.5. The summed E-state index contributed by atoms with van der Waals surface area (Å²) in [6, 6.07) is 0. The molecular weight excluding hydrogens is 484 g/mol. The van der Waals surface area contributed by atoms with Crippen LogP contribution in [-0.4, -0.2) is 62.3 Å². The molecule has 0 unspecified atom stereocenters. The Morgan fingerprint density at radius 3 is 2.45 bits per heavy atom. The summed E-state index contributed by atoms with van der Waals surface area (Å²) < 4.78 is 30.9. The normalized spacial score (nSPS) is 38.8. The minimum Gasteiger partial charge on any atom is -0.435 e. The van der Waals surface area contributed by atoms with Gasteiger partial charge in [0.1, 0.15) is 0 Å². The Morgan fingerprint density at radius 1 is 1.21 bits per heavy atom. The highest BCUT2D eigenvalue weighted by Gasteiger charge is 2.73. The van der Waals surface area contributed by atoms with Crippen LogP contribution in [0.3, 0.4) is 0 Å². The molecule has 2 aliphatic carbocycles. The highest BCUT2D eigenvalue weighted by molar-refractivity contribution is 5.66. The van der Waals surface area contributed by atoms with Crippen molar-refractivity contribution in [3.05, 3.63) is 36.0 Å². The van der Waals surface area contributed by atoms with Crippen LogP contribution in [0.25, 0.3) is 0 Å². The minimum absolute atomic E-state index is 0.00809. The molecule has 1 saturated heterocycles. The maximum Gasteiger partial charge on any atom is 0.304 e. The van der Waals surface area contributed by atoms with Gasteiger partial charge in [0.05, 0.1) is 30.3 Å². The van der Waals surface area contributed by atoms with Crippen LogP contribution in [0, 0.1) is 22.7 Å². The fourth-order valence-corrected chi connectivity index (χ4v) is 6.79. The van der Waals surface area contributed by atoms with Crippen molar-refractivity contribution in [3.8, 4) is 0 Å².